The molecule has 1 aromatic carbocycles. The highest BCUT2D eigenvalue weighted by Gasteiger charge is 2.15. The number of hydrogen-bond donors (Lipinski definition) is 1. The Labute approximate surface area is 157 Å². The lowest BCUT2D eigenvalue weighted by molar-refractivity contribution is 0.747. The zero-order valence-corrected chi connectivity index (χ0v) is 15.4. The van der Waals surface area contributed by atoms with Crippen LogP contribution in [0.25, 0.3) is 11.3 Å². The van der Waals surface area contributed by atoms with Crippen molar-refractivity contribution >= 4 is 17.4 Å². The van der Waals surface area contributed by atoms with Crippen LogP contribution in [0.3, 0.4) is 0 Å². The van der Waals surface area contributed by atoms with Crippen molar-refractivity contribution in [3.8, 4) is 11.8 Å². The Hall–Kier alpha value is -3.45. The fourth-order valence-electron chi connectivity index (χ4n) is 2.87. The van der Waals surface area contributed by atoms with Crippen LogP contribution in [0.5, 0.6) is 0 Å². The van der Waals surface area contributed by atoms with Crippen LogP contribution in [0, 0.1) is 25.2 Å². The Bertz CT molecular complexity index is 1230. The number of rotatable bonds is 4. The van der Waals surface area contributed by atoms with E-state index >= 15 is 0 Å². The first kappa shape index (κ1) is 17.0. The molecule has 0 aliphatic carbocycles. The Morgan fingerprint density at radius 3 is 2.81 bits per heavy atom. The zero-order chi connectivity index (χ0) is 19.0. The minimum atomic E-state index is -0.272. The van der Waals surface area contributed by atoms with Crippen molar-refractivity contribution in [3.63, 3.8) is 0 Å². The topological polar surface area (TPSA) is 118 Å². The fourth-order valence-corrected chi connectivity index (χ4v) is 3.64. The maximum Gasteiger partial charge on any atom is 0.272 e. The van der Waals surface area contributed by atoms with Gasteiger partial charge in [0.1, 0.15) is 11.6 Å². The van der Waals surface area contributed by atoms with E-state index in [0.29, 0.717) is 27.8 Å². The number of aromatic nitrogens is 7. The number of tetrazole rings is 1. The van der Waals surface area contributed by atoms with E-state index in [9.17, 15) is 4.79 Å². The summed E-state index contributed by atoms with van der Waals surface area (Å²) in [5.41, 5.74) is 3.98. The van der Waals surface area contributed by atoms with Gasteiger partial charge in [0.2, 0.25) is 5.16 Å². The van der Waals surface area contributed by atoms with Crippen molar-refractivity contribution in [3.05, 3.63) is 63.2 Å². The number of thioether (sulfide) groups is 1. The molecule has 0 amide bonds. The summed E-state index contributed by atoms with van der Waals surface area (Å²) in [6, 6.07) is 9.45. The van der Waals surface area contributed by atoms with Gasteiger partial charge in [-0.25, -0.2) is 9.50 Å². The Morgan fingerprint density at radius 2 is 2.07 bits per heavy atom. The Kier molecular flexibility index (Phi) is 4.21. The monoisotopic (exact) mass is 378 g/mol. The molecule has 0 bridgehead atoms. The summed E-state index contributed by atoms with van der Waals surface area (Å²) in [4.78, 5) is 16.6. The number of fused-ring (bicyclic) bond motifs is 1. The molecule has 0 aliphatic rings. The van der Waals surface area contributed by atoms with Gasteiger partial charge in [-0.15, -0.1) is 5.10 Å². The van der Waals surface area contributed by atoms with Crippen LogP contribution in [-0.2, 0) is 5.75 Å². The summed E-state index contributed by atoms with van der Waals surface area (Å²) in [7, 11) is 0. The largest absolute Gasteiger partial charge is 0.295 e. The molecule has 0 aliphatic heterocycles. The van der Waals surface area contributed by atoms with Gasteiger partial charge in [-0.2, -0.15) is 9.94 Å². The van der Waals surface area contributed by atoms with Gasteiger partial charge in [-0.05, 0) is 35.4 Å². The normalized spacial score (nSPS) is 11.0. The van der Waals surface area contributed by atoms with Crippen molar-refractivity contribution in [1.82, 2.24) is 34.8 Å². The van der Waals surface area contributed by atoms with E-state index in [4.69, 9.17) is 5.26 Å². The summed E-state index contributed by atoms with van der Waals surface area (Å²) in [6.07, 6.45) is 1.46. The third kappa shape index (κ3) is 2.98. The predicted molar refractivity (Wildman–Crippen MR) is 98.7 cm³/mol. The molecule has 0 saturated carbocycles. The van der Waals surface area contributed by atoms with Gasteiger partial charge >= 0.3 is 0 Å². The van der Waals surface area contributed by atoms with E-state index in [1.165, 1.54) is 28.5 Å². The van der Waals surface area contributed by atoms with Gasteiger partial charge in [0, 0.05) is 18.0 Å². The summed E-state index contributed by atoms with van der Waals surface area (Å²) in [6.45, 7) is 4.01. The second-order valence-electron chi connectivity index (χ2n) is 5.95. The van der Waals surface area contributed by atoms with E-state index in [1.807, 2.05) is 38.1 Å². The lowest BCUT2D eigenvalue weighted by Gasteiger charge is -2.10. The minimum absolute atomic E-state index is 0.272. The maximum absolute atomic E-state index is 12.2. The molecule has 4 rings (SSSR count). The number of aryl methyl sites for hydroxylation is 2. The van der Waals surface area contributed by atoms with Crippen molar-refractivity contribution in [1.29, 1.82) is 5.26 Å². The van der Waals surface area contributed by atoms with Crippen molar-refractivity contribution in [2.75, 3.05) is 0 Å². The van der Waals surface area contributed by atoms with Crippen LogP contribution >= 0.6 is 11.8 Å². The number of benzene rings is 1. The van der Waals surface area contributed by atoms with Gasteiger partial charge in [0.25, 0.3) is 5.56 Å². The second-order valence-corrected chi connectivity index (χ2v) is 6.89. The molecule has 3 heterocycles. The molecule has 0 saturated heterocycles. The van der Waals surface area contributed by atoms with E-state index in [2.05, 4.69) is 25.6 Å². The Morgan fingerprint density at radius 1 is 1.30 bits per heavy atom. The molecule has 0 atom stereocenters. The zero-order valence-electron chi connectivity index (χ0n) is 14.5. The molecule has 0 fully saturated rings. The molecular formula is C17H14N8OS. The average molecular weight is 378 g/mol. The van der Waals surface area contributed by atoms with Crippen molar-refractivity contribution in [2.45, 2.75) is 24.8 Å². The summed E-state index contributed by atoms with van der Waals surface area (Å²) >= 11 is 1.38. The number of hydrogen-bond acceptors (Lipinski definition) is 7. The van der Waals surface area contributed by atoms with Crippen molar-refractivity contribution < 1.29 is 0 Å². The highest BCUT2D eigenvalue weighted by Crippen LogP contribution is 2.25. The number of nitrogens with zero attached hydrogens (tertiary/aromatic N) is 7. The van der Waals surface area contributed by atoms with Crippen LogP contribution in [0.15, 0.2) is 40.4 Å². The van der Waals surface area contributed by atoms with Gasteiger partial charge < -0.3 is 0 Å². The number of H-pyrrole nitrogens is 1. The van der Waals surface area contributed by atoms with Gasteiger partial charge in [-0.3, -0.25) is 9.89 Å². The summed E-state index contributed by atoms with van der Waals surface area (Å²) in [5.74, 6) is 0.396. The first-order valence-electron chi connectivity index (χ1n) is 8.06. The van der Waals surface area contributed by atoms with Crippen LogP contribution in [0.2, 0.25) is 0 Å². The smallest absolute Gasteiger partial charge is 0.272 e. The molecule has 134 valence electrons. The molecule has 9 nitrogen and oxygen atoms in total. The summed E-state index contributed by atoms with van der Waals surface area (Å²) in [5, 5.41) is 24.5. The quantitative estimate of drug-likeness (QED) is 0.538. The minimum Gasteiger partial charge on any atom is -0.295 e. The molecule has 4 aromatic rings. The molecular weight excluding hydrogens is 364 g/mol. The highest BCUT2D eigenvalue weighted by atomic mass is 32.2. The maximum atomic E-state index is 12.2. The van der Waals surface area contributed by atoms with E-state index in [0.717, 1.165) is 16.8 Å². The van der Waals surface area contributed by atoms with Gasteiger partial charge in [0.15, 0.2) is 5.65 Å². The first-order chi connectivity index (χ1) is 13.1. The Balaban J connectivity index is 1.66. The van der Waals surface area contributed by atoms with E-state index in [-0.39, 0.29) is 5.56 Å². The van der Waals surface area contributed by atoms with E-state index < -0.39 is 0 Å². The molecule has 0 radical (unpaired) electrons. The van der Waals surface area contributed by atoms with Crippen LogP contribution in [0.4, 0.5) is 0 Å². The third-order valence-electron chi connectivity index (χ3n) is 4.11. The van der Waals surface area contributed by atoms with Crippen LogP contribution < -0.4 is 5.56 Å². The number of nitrogens with one attached hydrogen (secondary N) is 1. The van der Waals surface area contributed by atoms with E-state index in [1.54, 1.807) is 4.68 Å². The average Bonchev–Trinajstić information content (AvgIpc) is 3.27. The fraction of sp³-hybridized carbons (Fsp3) is 0.176. The van der Waals surface area contributed by atoms with Crippen molar-refractivity contribution in [2.24, 2.45) is 0 Å². The predicted octanol–water partition coefficient (Wildman–Crippen LogP) is 1.78. The standard InChI is InChI=1S/C17H14N8OS/c1-10-4-3-5-11(2)15(10)25-17(21-22-23-25)27-9-13-6-14(26)24-16(20-13)12(7-18)8-19-24/h3-6,8,19H,9H2,1-2H3. The number of para-hydroxylation sites is 1. The SMILES string of the molecule is Cc1cccc(C)c1-n1nnnc1SCc1cc(=O)n2[nH]cc(C#N)c2n1. The number of aromatic amines is 1. The summed E-state index contributed by atoms with van der Waals surface area (Å²) < 4.78 is 2.94. The van der Waals surface area contributed by atoms with Crippen LogP contribution in [-0.4, -0.2) is 34.8 Å². The number of nitriles is 1. The molecule has 10 heteroatoms. The molecule has 3 aromatic heterocycles. The molecule has 27 heavy (non-hydrogen) atoms. The second kappa shape index (κ2) is 6.69. The highest BCUT2D eigenvalue weighted by molar-refractivity contribution is 7.98. The van der Waals surface area contributed by atoms with Gasteiger partial charge in [0.05, 0.1) is 11.4 Å². The first-order valence-corrected chi connectivity index (χ1v) is 9.05. The van der Waals surface area contributed by atoms with Gasteiger partial charge in [-0.1, -0.05) is 30.0 Å². The van der Waals surface area contributed by atoms with Crippen LogP contribution in [0.1, 0.15) is 22.4 Å². The lowest BCUT2D eigenvalue weighted by Crippen LogP contribution is -2.15. The third-order valence-corrected chi connectivity index (χ3v) is 5.07. The molecule has 1 N–H and O–H groups in total. The molecule has 0 spiro atoms. The lowest BCUT2D eigenvalue weighted by atomic mass is 10.1. The molecule has 0 unspecified atom stereocenters.